The lowest BCUT2D eigenvalue weighted by Crippen LogP contribution is -2.36. The van der Waals surface area contributed by atoms with E-state index in [-0.39, 0.29) is 22.4 Å². The summed E-state index contributed by atoms with van der Waals surface area (Å²) in [5.41, 5.74) is 2.00. The zero-order valence-corrected chi connectivity index (χ0v) is 16.5. The Morgan fingerprint density at radius 3 is 2.81 bits per heavy atom. The SMILES string of the molecule is Cc1ccc(C2=NN3C(C2)c2ccccc2OC3c2coc3ccc(F)cc3c2=O)o1. The highest BCUT2D eigenvalue weighted by Crippen LogP contribution is 2.47. The summed E-state index contributed by atoms with van der Waals surface area (Å²) in [6, 6.07) is 15.2. The minimum atomic E-state index is -0.808. The fraction of sp³-hybridized carbons (Fsp3) is 0.167. The van der Waals surface area contributed by atoms with E-state index < -0.39 is 12.0 Å². The van der Waals surface area contributed by atoms with E-state index in [1.165, 1.54) is 24.5 Å². The standard InChI is InChI=1S/C24H17FN2O4/c1-13-6-8-22(30-13)18-11-19-15-4-2-3-5-21(15)31-24(27(19)26-18)17-12-29-20-9-7-14(25)10-16(20)23(17)28/h2-10,12,19,24H,11H2,1H3. The molecule has 0 spiro atoms. The Balaban J connectivity index is 1.51. The van der Waals surface area contributed by atoms with Crippen LogP contribution in [-0.2, 0) is 0 Å². The van der Waals surface area contributed by atoms with Crippen molar-refractivity contribution in [1.82, 2.24) is 5.01 Å². The zero-order valence-electron chi connectivity index (χ0n) is 16.5. The highest BCUT2D eigenvalue weighted by molar-refractivity contribution is 5.99. The monoisotopic (exact) mass is 416 g/mol. The van der Waals surface area contributed by atoms with Crippen molar-refractivity contribution in [1.29, 1.82) is 0 Å². The minimum Gasteiger partial charge on any atom is -0.464 e. The molecule has 4 heterocycles. The van der Waals surface area contributed by atoms with Crippen molar-refractivity contribution in [2.24, 2.45) is 5.10 Å². The number of benzene rings is 2. The second-order valence-corrected chi connectivity index (χ2v) is 7.73. The van der Waals surface area contributed by atoms with Gasteiger partial charge in [-0.05, 0) is 43.3 Å². The fourth-order valence-corrected chi connectivity index (χ4v) is 4.27. The maximum absolute atomic E-state index is 13.8. The summed E-state index contributed by atoms with van der Waals surface area (Å²) in [6.45, 7) is 1.88. The van der Waals surface area contributed by atoms with Crippen LogP contribution in [0.3, 0.4) is 0 Å². The lowest BCUT2D eigenvalue weighted by atomic mass is 9.97. The van der Waals surface area contributed by atoms with Crippen LogP contribution in [0.2, 0.25) is 0 Å². The van der Waals surface area contributed by atoms with Crippen LogP contribution in [0.25, 0.3) is 11.0 Å². The van der Waals surface area contributed by atoms with Crippen LogP contribution in [0.15, 0.2) is 79.6 Å². The van der Waals surface area contributed by atoms with Gasteiger partial charge in [0.15, 0.2) is 0 Å². The van der Waals surface area contributed by atoms with E-state index in [0.717, 1.165) is 17.0 Å². The van der Waals surface area contributed by atoms with Crippen LogP contribution in [0.5, 0.6) is 5.75 Å². The average Bonchev–Trinajstić information content (AvgIpc) is 3.41. The van der Waals surface area contributed by atoms with Crippen LogP contribution in [0, 0.1) is 12.7 Å². The quantitative estimate of drug-likeness (QED) is 0.456. The topological polar surface area (TPSA) is 68.2 Å². The third-order valence-electron chi connectivity index (χ3n) is 5.75. The molecule has 0 aliphatic carbocycles. The molecule has 0 amide bonds. The second-order valence-electron chi connectivity index (χ2n) is 7.73. The summed E-state index contributed by atoms with van der Waals surface area (Å²) in [4.78, 5) is 13.2. The fourth-order valence-electron chi connectivity index (χ4n) is 4.27. The maximum atomic E-state index is 13.8. The first-order chi connectivity index (χ1) is 15.1. The second kappa shape index (κ2) is 6.57. The number of hydrogen-bond acceptors (Lipinski definition) is 6. The molecule has 2 aromatic heterocycles. The number of ether oxygens (including phenoxy) is 1. The molecule has 154 valence electrons. The number of halogens is 1. The van der Waals surface area contributed by atoms with Gasteiger partial charge in [-0.3, -0.25) is 4.79 Å². The van der Waals surface area contributed by atoms with Gasteiger partial charge in [0.2, 0.25) is 11.7 Å². The van der Waals surface area contributed by atoms with Gasteiger partial charge in [-0.15, -0.1) is 0 Å². The number of furan rings is 1. The van der Waals surface area contributed by atoms with Crippen molar-refractivity contribution >= 4 is 16.7 Å². The maximum Gasteiger partial charge on any atom is 0.220 e. The number of fused-ring (bicyclic) bond motifs is 4. The summed E-state index contributed by atoms with van der Waals surface area (Å²) in [6.07, 6.45) is 1.18. The van der Waals surface area contributed by atoms with Crippen LogP contribution in [0.4, 0.5) is 4.39 Å². The van der Waals surface area contributed by atoms with Gasteiger partial charge in [0, 0.05) is 12.0 Å². The van der Waals surface area contributed by atoms with E-state index in [1.807, 2.05) is 43.3 Å². The Kier molecular flexibility index (Phi) is 3.80. The van der Waals surface area contributed by atoms with E-state index in [1.54, 1.807) is 5.01 Å². The molecular formula is C24H17FN2O4. The van der Waals surface area contributed by atoms with Crippen LogP contribution in [-0.4, -0.2) is 10.7 Å². The molecule has 2 aromatic carbocycles. The molecule has 2 aliphatic rings. The van der Waals surface area contributed by atoms with E-state index in [2.05, 4.69) is 0 Å². The molecule has 0 radical (unpaired) electrons. The molecular weight excluding hydrogens is 399 g/mol. The first-order valence-electron chi connectivity index (χ1n) is 9.97. The molecule has 7 heteroatoms. The van der Waals surface area contributed by atoms with Crippen molar-refractivity contribution in [3.8, 4) is 5.75 Å². The molecule has 0 N–H and O–H groups in total. The number of aryl methyl sites for hydroxylation is 1. The van der Waals surface area contributed by atoms with Crippen molar-refractivity contribution in [2.45, 2.75) is 25.6 Å². The number of rotatable bonds is 2. The summed E-state index contributed by atoms with van der Waals surface area (Å²) in [5, 5.41) is 6.70. The predicted molar refractivity (Wildman–Crippen MR) is 111 cm³/mol. The number of nitrogens with zero attached hydrogens (tertiary/aromatic N) is 2. The minimum absolute atomic E-state index is 0.127. The van der Waals surface area contributed by atoms with Gasteiger partial charge >= 0.3 is 0 Å². The Morgan fingerprint density at radius 2 is 1.97 bits per heavy atom. The largest absolute Gasteiger partial charge is 0.464 e. The third-order valence-corrected chi connectivity index (χ3v) is 5.75. The molecule has 2 aliphatic heterocycles. The Hall–Kier alpha value is -3.87. The molecule has 0 fully saturated rings. The van der Waals surface area contributed by atoms with E-state index in [4.69, 9.17) is 18.7 Å². The number of hydrogen-bond donors (Lipinski definition) is 0. The molecule has 0 saturated heterocycles. The van der Waals surface area contributed by atoms with Gasteiger partial charge < -0.3 is 13.6 Å². The first kappa shape index (κ1) is 17.9. The molecule has 2 atom stereocenters. The van der Waals surface area contributed by atoms with Gasteiger partial charge in [0.1, 0.15) is 40.6 Å². The van der Waals surface area contributed by atoms with Crippen molar-refractivity contribution < 1.29 is 18.0 Å². The molecule has 6 rings (SSSR count). The van der Waals surface area contributed by atoms with Crippen molar-refractivity contribution in [3.63, 3.8) is 0 Å². The Labute approximate surface area is 176 Å². The van der Waals surface area contributed by atoms with Gasteiger partial charge in [0.25, 0.3) is 0 Å². The van der Waals surface area contributed by atoms with Crippen LogP contribution >= 0.6 is 0 Å². The summed E-state index contributed by atoms with van der Waals surface area (Å²) >= 11 is 0. The molecule has 0 saturated carbocycles. The highest BCUT2D eigenvalue weighted by atomic mass is 19.1. The Bertz CT molecular complexity index is 1420. The van der Waals surface area contributed by atoms with E-state index >= 15 is 0 Å². The zero-order chi connectivity index (χ0) is 21.1. The molecule has 2 unspecified atom stereocenters. The lowest BCUT2D eigenvalue weighted by molar-refractivity contribution is -0.0205. The van der Waals surface area contributed by atoms with E-state index in [0.29, 0.717) is 23.5 Å². The van der Waals surface area contributed by atoms with Crippen LogP contribution in [0.1, 0.15) is 41.3 Å². The van der Waals surface area contributed by atoms with Crippen LogP contribution < -0.4 is 10.2 Å². The third kappa shape index (κ3) is 2.77. The first-order valence-corrected chi connectivity index (χ1v) is 9.97. The molecule has 31 heavy (non-hydrogen) atoms. The predicted octanol–water partition coefficient (Wildman–Crippen LogP) is 5.08. The van der Waals surface area contributed by atoms with Gasteiger partial charge in [-0.25, -0.2) is 9.40 Å². The van der Waals surface area contributed by atoms with Gasteiger partial charge in [0.05, 0.1) is 17.0 Å². The lowest BCUT2D eigenvalue weighted by Gasteiger charge is -2.37. The van der Waals surface area contributed by atoms with Gasteiger partial charge in [-0.1, -0.05) is 18.2 Å². The summed E-state index contributed by atoms with van der Waals surface area (Å²) < 4.78 is 31.4. The van der Waals surface area contributed by atoms with Crippen molar-refractivity contribution in [2.75, 3.05) is 0 Å². The number of para-hydroxylation sites is 1. The average molecular weight is 416 g/mol. The Morgan fingerprint density at radius 1 is 1.10 bits per heavy atom. The van der Waals surface area contributed by atoms with Crippen molar-refractivity contribution in [3.05, 3.63) is 99.5 Å². The normalized spacial score (nSPS) is 19.7. The summed E-state index contributed by atoms with van der Waals surface area (Å²) in [7, 11) is 0. The summed E-state index contributed by atoms with van der Waals surface area (Å²) in [5.74, 6) is 1.67. The molecule has 0 bridgehead atoms. The van der Waals surface area contributed by atoms with E-state index in [9.17, 15) is 9.18 Å². The molecule has 6 nitrogen and oxygen atoms in total. The smallest absolute Gasteiger partial charge is 0.220 e. The van der Waals surface area contributed by atoms with Gasteiger partial charge in [-0.2, -0.15) is 5.10 Å². The number of hydrazone groups is 1. The molecule has 4 aromatic rings. The highest BCUT2D eigenvalue weighted by Gasteiger charge is 2.42.